The molecule has 66 valence electrons. The Bertz CT molecular complexity index is 305. The van der Waals surface area contributed by atoms with Crippen LogP contribution < -0.4 is 0 Å². The van der Waals surface area contributed by atoms with E-state index in [1.54, 1.807) is 0 Å². The highest BCUT2D eigenvalue weighted by Crippen LogP contribution is 2.29. The third kappa shape index (κ3) is 1.61. The molecule has 1 rings (SSSR count). The Labute approximate surface area is 70.6 Å². The van der Waals surface area contributed by atoms with Crippen LogP contribution in [0.4, 0.5) is 13.2 Å². The summed E-state index contributed by atoms with van der Waals surface area (Å²) in [6.07, 6.45) is -2.88. The molecule has 0 bridgehead atoms. The molecule has 0 amide bonds. The number of nitrogens with zero attached hydrogens (tertiary/aromatic N) is 1. The van der Waals surface area contributed by atoms with Gasteiger partial charge in [0.15, 0.2) is 5.75 Å². The van der Waals surface area contributed by atoms with E-state index in [2.05, 4.69) is 4.98 Å². The number of pyridine rings is 1. The topological polar surface area (TPSA) is 33.1 Å². The molecule has 1 N–H and O–H groups in total. The maximum atomic E-state index is 12.3. The van der Waals surface area contributed by atoms with Crippen molar-refractivity contribution in [1.29, 1.82) is 0 Å². The summed E-state index contributed by atoms with van der Waals surface area (Å²) in [5.74, 6) is -2.20. The average Bonchev–Trinajstić information content (AvgIpc) is 1.96. The molecule has 0 fully saturated rings. The van der Waals surface area contributed by atoms with Gasteiger partial charge >= 0.3 is 0 Å². The van der Waals surface area contributed by atoms with Crippen molar-refractivity contribution in [2.24, 2.45) is 0 Å². The summed E-state index contributed by atoms with van der Waals surface area (Å²) in [4.78, 5) is 2.86. The molecule has 1 aromatic heterocycles. The Morgan fingerprint density at radius 2 is 2.08 bits per heavy atom. The van der Waals surface area contributed by atoms with Gasteiger partial charge in [0, 0.05) is 0 Å². The van der Waals surface area contributed by atoms with Gasteiger partial charge < -0.3 is 5.11 Å². The predicted molar refractivity (Wildman–Crippen MR) is 35.8 cm³/mol. The number of aromatic hydroxyl groups is 1. The summed E-state index contributed by atoms with van der Waals surface area (Å²) in [6, 6.07) is 0.551. The van der Waals surface area contributed by atoms with Crippen molar-refractivity contribution < 1.29 is 18.3 Å². The number of rotatable bonds is 1. The summed E-state index contributed by atoms with van der Waals surface area (Å²) in [7, 11) is 0. The Kier molecular flexibility index (Phi) is 2.42. The van der Waals surface area contributed by atoms with Crippen LogP contribution >= 0.6 is 11.6 Å². The summed E-state index contributed by atoms with van der Waals surface area (Å²) in [5, 5.41) is 8.01. The maximum absolute atomic E-state index is 12.3. The first kappa shape index (κ1) is 9.12. The van der Waals surface area contributed by atoms with Crippen LogP contribution in [0.2, 0.25) is 5.15 Å². The van der Waals surface area contributed by atoms with Crippen molar-refractivity contribution in [2.75, 3.05) is 0 Å². The Morgan fingerprint density at radius 1 is 1.50 bits per heavy atom. The zero-order chi connectivity index (χ0) is 9.30. The first-order chi connectivity index (χ1) is 5.52. The normalized spacial score (nSPS) is 10.8. The van der Waals surface area contributed by atoms with Crippen LogP contribution in [0.15, 0.2) is 6.07 Å². The molecule has 0 saturated heterocycles. The lowest BCUT2D eigenvalue weighted by atomic mass is 10.3. The SMILES string of the molecule is Oc1cc(C(F)F)c(Cl)nc1F. The number of alkyl halides is 2. The summed E-state index contributed by atoms with van der Waals surface area (Å²) < 4.78 is 36.3. The zero-order valence-electron chi connectivity index (χ0n) is 5.56. The fourth-order valence-electron chi connectivity index (χ4n) is 0.627. The van der Waals surface area contributed by atoms with Crippen molar-refractivity contribution in [3.8, 4) is 5.75 Å². The van der Waals surface area contributed by atoms with E-state index >= 15 is 0 Å². The van der Waals surface area contributed by atoms with Gasteiger partial charge in [-0.3, -0.25) is 0 Å². The van der Waals surface area contributed by atoms with Gasteiger partial charge in [-0.2, -0.15) is 4.39 Å². The fraction of sp³-hybridized carbons (Fsp3) is 0.167. The third-order valence-corrected chi connectivity index (χ3v) is 1.48. The molecule has 12 heavy (non-hydrogen) atoms. The summed E-state index contributed by atoms with van der Waals surface area (Å²) in [6.45, 7) is 0. The van der Waals surface area contributed by atoms with Crippen LogP contribution in [-0.2, 0) is 0 Å². The van der Waals surface area contributed by atoms with E-state index in [0.717, 1.165) is 0 Å². The molecule has 0 aromatic carbocycles. The van der Waals surface area contributed by atoms with Crippen LogP contribution in [0.5, 0.6) is 5.75 Å². The average molecular weight is 198 g/mol. The molecule has 1 aromatic rings. The summed E-state index contributed by atoms with van der Waals surface area (Å²) in [5.41, 5.74) is -0.685. The van der Waals surface area contributed by atoms with E-state index in [9.17, 15) is 13.2 Å². The Morgan fingerprint density at radius 3 is 2.58 bits per heavy atom. The molecule has 0 radical (unpaired) electrons. The molecular formula is C6H3ClF3NO. The zero-order valence-corrected chi connectivity index (χ0v) is 6.32. The first-order valence-corrected chi connectivity index (χ1v) is 3.23. The second-order valence-corrected chi connectivity index (χ2v) is 2.34. The molecular weight excluding hydrogens is 195 g/mol. The minimum atomic E-state index is -2.88. The molecule has 0 atom stereocenters. The van der Waals surface area contributed by atoms with Gasteiger partial charge in [0.1, 0.15) is 5.15 Å². The predicted octanol–water partition coefficient (Wildman–Crippen LogP) is 2.52. The van der Waals surface area contributed by atoms with Gasteiger partial charge in [0.25, 0.3) is 12.4 Å². The lowest BCUT2D eigenvalue weighted by Crippen LogP contribution is -1.92. The number of hydrogen-bond acceptors (Lipinski definition) is 2. The number of hydrogen-bond donors (Lipinski definition) is 1. The van der Waals surface area contributed by atoms with Crippen molar-refractivity contribution in [2.45, 2.75) is 6.43 Å². The molecule has 0 spiro atoms. The molecule has 2 nitrogen and oxygen atoms in total. The molecule has 1 heterocycles. The van der Waals surface area contributed by atoms with Crippen molar-refractivity contribution in [3.05, 3.63) is 22.7 Å². The molecule has 0 aliphatic heterocycles. The number of aromatic nitrogens is 1. The van der Waals surface area contributed by atoms with Crippen LogP contribution in [-0.4, -0.2) is 10.1 Å². The quantitative estimate of drug-likeness (QED) is 0.702. The van der Waals surface area contributed by atoms with Crippen LogP contribution in [0.3, 0.4) is 0 Å². The van der Waals surface area contributed by atoms with Gasteiger partial charge in [-0.1, -0.05) is 11.6 Å². The lowest BCUT2D eigenvalue weighted by Gasteiger charge is -2.02. The van der Waals surface area contributed by atoms with Crippen molar-refractivity contribution in [3.63, 3.8) is 0 Å². The molecule has 0 unspecified atom stereocenters. The minimum Gasteiger partial charge on any atom is -0.504 e. The standard InChI is InChI=1S/C6H3ClF3NO/c7-4-2(5(8)9)1-3(12)6(10)11-4/h1,5,12H. The largest absolute Gasteiger partial charge is 0.504 e. The van der Waals surface area contributed by atoms with Gasteiger partial charge in [-0.05, 0) is 6.07 Å². The van der Waals surface area contributed by atoms with Crippen molar-refractivity contribution >= 4 is 11.6 Å². The van der Waals surface area contributed by atoms with Crippen LogP contribution in [0.1, 0.15) is 12.0 Å². The smallest absolute Gasteiger partial charge is 0.266 e. The highest BCUT2D eigenvalue weighted by Gasteiger charge is 2.16. The monoisotopic (exact) mass is 197 g/mol. The Balaban J connectivity index is 3.23. The number of halogens is 4. The second-order valence-electron chi connectivity index (χ2n) is 1.98. The fourth-order valence-corrected chi connectivity index (χ4v) is 0.839. The summed E-state index contributed by atoms with van der Waals surface area (Å²) >= 11 is 5.15. The minimum absolute atomic E-state index is 0.551. The van der Waals surface area contributed by atoms with E-state index in [-0.39, 0.29) is 0 Å². The van der Waals surface area contributed by atoms with Gasteiger partial charge in [-0.15, -0.1) is 0 Å². The van der Waals surface area contributed by atoms with Crippen LogP contribution in [0, 0.1) is 5.95 Å². The maximum Gasteiger partial charge on any atom is 0.266 e. The lowest BCUT2D eigenvalue weighted by molar-refractivity contribution is 0.150. The van der Waals surface area contributed by atoms with Gasteiger partial charge in [-0.25, -0.2) is 13.8 Å². The van der Waals surface area contributed by atoms with Crippen molar-refractivity contribution in [1.82, 2.24) is 4.98 Å². The van der Waals surface area contributed by atoms with E-state index in [0.29, 0.717) is 6.07 Å². The Hall–Kier alpha value is -0.970. The molecule has 0 aliphatic carbocycles. The molecule has 0 aliphatic rings. The molecule has 6 heteroatoms. The van der Waals surface area contributed by atoms with E-state index in [1.807, 2.05) is 0 Å². The highest BCUT2D eigenvalue weighted by molar-refractivity contribution is 6.30. The third-order valence-electron chi connectivity index (χ3n) is 1.17. The van der Waals surface area contributed by atoms with Gasteiger partial charge in [0.2, 0.25) is 0 Å². The first-order valence-electron chi connectivity index (χ1n) is 2.85. The van der Waals surface area contributed by atoms with E-state index in [1.165, 1.54) is 0 Å². The van der Waals surface area contributed by atoms with Gasteiger partial charge in [0.05, 0.1) is 5.56 Å². The van der Waals surface area contributed by atoms with Crippen LogP contribution in [0.25, 0.3) is 0 Å². The van der Waals surface area contributed by atoms with E-state index in [4.69, 9.17) is 16.7 Å². The second kappa shape index (κ2) is 3.18. The van der Waals surface area contributed by atoms with E-state index < -0.39 is 28.8 Å². The highest BCUT2D eigenvalue weighted by atomic mass is 35.5. The molecule has 0 saturated carbocycles.